The number of hydrogen-bond acceptors (Lipinski definition) is 2. The van der Waals surface area contributed by atoms with Crippen LogP contribution in [0.25, 0.3) is 0 Å². The maximum Gasteiger partial charge on any atom is 0.358 e. The molecule has 1 unspecified atom stereocenters. The van der Waals surface area contributed by atoms with Crippen LogP contribution in [0.2, 0.25) is 0 Å². The topological polar surface area (TPSA) is 32.5 Å². The fraction of sp³-hybridized carbons (Fsp3) is 0.250. The first-order valence-electron chi connectivity index (χ1n) is 5.11. The van der Waals surface area contributed by atoms with E-state index in [9.17, 15) is 5.11 Å². The van der Waals surface area contributed by atoms with Crippen molar-refractivity contribution in [3.63, 3.8) is 0 Å². The lowest BCUT2D eigenvalue weighted by Gasteiger charge is -1.98. The first-order chi connectivity index (χ1) is 7.36. The van der Waals surface area contributed by atoms with E-state index >= 15 is 0 Å². The largest absolute Gasteiger partial charge is 0.508 e. The van der Waals surface area contributed by atoms with Crippen molar-refractivity contribution in [2.75, 3.05) is 6.54 Å². The summed E-state index contributed by atoms with van der Waals surface area (Å²) in [5.74, 6) is 1.28. The number of fused-ring (bicyclic) bond motifs is 1. The smallest absolute Gasteiger partial charge is 0.358 e. The summed E-state index contributed by atoms with van der Waals surface area (Å²) < 4.78 is 7.50. The van der Waals surface area contributed by atoms with Crippen LogP contribution in [0.5, 0.6) is 0 Å². The van der Waals surface area contributed by atoms with Gasteiger partial charge in [-0.05, 0) is 0 Å². The fourth-order valence-corrected chi connectivity index (χ4v) is 2.17. The van der Waals surface area contributed by atoms with Gasteiger partial charge in [-0.25, -0.2) is 0 Å². The predicted molar refractivity (Wildman–Crippen MR) is 56.1 cm³/mol. The second-order valence-corrected chi connectivity index (χ2v) is 3.83. The lowest BCUT2D eigenvalue weighted by Crippen LogP contribution is -2.13. The van der Waals surface area contributed by atoms with Gasteiger partial charge < -0.3 is 9.84 Å². The molecule has 0 fully saturated rings. The van der Waals surface area contributed by atoms with Crippen LogP contribution >= 0.6 is 0 Å². The number of benzene rings is 1. The highest BCUT2D eigenvalue weighted by Crippen LogP contribution is 2.30. The number of rotatable bonds is 1. The van der Waals surface area contributed by atoms with E-state index in [1.807, 2.05) is 30.3 Å². The zero-order chi connectivity index (χ0) is 10.3. The minimum Gasteiger partial charge on any atom is -0.508 e. The van der Waals surface area contributed by atoms with Crippen molar-refractivity contribution in [1.82, 2.24) is 0 Å². The molecule has 0 saturated carbocycles. The molecule has 0 amide bonds. The molecule has 3 heteroatoms. The zero-order valence-electron chi connectivity index (χ0n) is 8.26. The molecule has 1 aromatic rings. The monoisotopic (exact) mass is 202 g/mol. The molecule has 3 nitrogen and oxygen atoms in total. The van der Waals surface area contributed by atoms with E-state index in [1.165, 1.54) is 6.26 Å². The number of hydrogen-bond donors (Lipinski definition) is 1. The van der Waals surface area contributed by atoms with Gasteiger partial charge in [0.2, 0.25) is 5.69 Å². The zero-order valence-corrected chi connectivity index (χ0v) is 8.26. The first-order valence-corrected chi connectivity index (χ1v) is 5.11. The summed E-state index contributed by atoms with van der Waals surface area (Å²) in [4.78, 5) is 0. The van der Waals surface area contributed by atoms with Gasteiger partial charge in [-0.15, -0.1) is 0 Å². The van der Waals surface area contributed by atoms with Gasteiger partial charge >= 0.3 is 5.90 Å². The Bertz CT molecular complexity index is 448. The van der Waals surface area contributed by atoms with Crippen molar-refractivity contribution in [3.8, 4) is 0 Å². The van der Waals surface area contributed by atoms with Crippen LogP contribution < -0.4 is 0 Å². The van der Waals surface area contributed by atoms with E-state index in [0.717, 1.165) is 24.6 Å². The Morgan fingerprint density at radius 1 is 1.27 bits per heavy atom. The third kappa shape index (κ3) is 1.23. The summed E-state index contributed by atoms with van der Waals surface area (Å²) >= 11 is 0. The number of aliphatic hydroxyl groups excluding tert-OH is 1. The molecule has 1 aromatic carbocycles. The molecule has 15 heavy (non-hydrogen) atoms. The second-order valence-electron chi connectivity index (χ2n) is 3.83. The van der Waals surface area contributed by atoms with Crippen molar-refractivity contribution in [3.05, 3.63) is 42.4 Å². The van der Waals surface area contributed by atoms with Crippen LogP contribution in [0.3, 0.4) is 0 Å². The molecule has 3 rings (SSSR count). The SMILES string of the molecule is OC1=COC2=[N+](c3ccccc3)CCC12. The molecule has 2 aliphatic rings. The summed E-state index contributed by atoms with van der Waals surface area (Å²) in [7, 11) is 0. The van der Waals surface area contributed by atoms with E-state index in [2.05, 4.69) is 4.58 Å². The van der Waals surface area contributed by atoms with Crippen molar-refractivity contribution in [2.45, 2.75) is 6.42 Å². The standard InChI is InChI=1S/C12H11NO2/c14-11-8-15-12-10(11)6-7-13(12)9-4-2-1-3-5-9/h1-5,8,10H,6-7H2/p+1. The quantitative estimate of drug-likeness (QED) is 0.708. The Kier molecular flexibility index (Phi) is 1.78. The number of nitrogens with zero attached hydrogens (tertiary/aromatic N) is 1. The van der Waals surface area contributed by atoms with Crippen LogP contribution in [-0.2, 0) is 4.74 Å². The molecule has 2 aliphatic heterocycles. The average Bonchev–Trinajstić information content (AvgIpc) is 2.83. The molecule has 1 atom stereocenters. The second kappa shape index (κ2) is 3.12. The fourth-order valence-electron chi connectivity index (χ4n) is 2.17. The number of para-hydroxylation sites is 1. The summed E-state index contributed by atoms with van der Waals surface area (Å²) in [6, 6.07) is 10.1. The molecule has 76 valence electrons. The Hall–Kier alpha value is -1.77. The lowest BCUT2D eigenvalue weighted by atomic mass is 10.1. The summed E-state index contributed by atoms with van der Waals surface area (Å²) in [6.07, 6.45) is 2.36. The highest BCUT2D eigenvalue weighted by molar-refractivity contribution is 5.81. The molecule has 2 heterocycles. The molecule has 0 bridgehead atoms. The van der Waals surface area contributed by atoms with Gasteiger partial charge in [0.25, 0.3) is 0 Å². The van der Waals surface area contributed by atoms with Gasteiger partial charge in [-0.3, -0.25) is 0 Å². The minimum absolute atomic E-state index is 0.0743. The number of ether oxygens (including phenoxy) is 1. The van der Waals surface area contributed by atoms with Crippen LogP contribution in [-0.4, -0.2) is 22.1 Å². The van der Waals surface area contributed by atoms with Gasteiger partial charge in [0, 0.05) is 18.6 Å². The highest BCUT2D eigenvalue weighted by Gasteiger charge is 2.42. The van der Waals surface area contributed by atoms with Crippen molar-refractivity contribution >= 4 is 11.6 Å². The maximum absolute atomic E-state index is 9.55. The summed E-state index contributed by atoms with van der Waals surface area (Å²) in [5.41, 5.74) is 1.12. The molecular formula is C12H12NO2+. The molecule has 0 radical (unpaired) electrons. The van der Waals surface area contributed by atoms with Gasteiger partial charge in [-0.1, -0.05) is 18.2 Å². The molecular weight excluding hydrogens is 190 g/mol. The van der Waals surface area contributed by atoms with Crippen molar-refractivity contribution in [1.29, 1.82) is 0 Å². The minimum atomic E-state index is 0.0743. The van der Waals surface area contributed by atoms with E-state index < -0.39 is 0 Å². The molecule has 0 saturated heterocycles. The van der Waals surface area contributed by atoms with E-state index in [4.69, 9.17) is 4.74 Å². The van der Waals surface area contributed by atoms with Gasteiger partial charge in [0.15, 0.2) is 6.54 Å². The molecule has 0 aliphatic carbocycles. The van der Waals surface area contributed by atoms with E-state index in [-0.39, 0.29) is 5.92 Å². The van der Waals surface area contributed by atoms with Gasteiger partial charge in [0.1, 0.15) is 17.9 Å². The first kappa shape index (κ1) is 8.53. The lowest BCUT2D eigenvalue weighted by molar-refractivity contribution is -0.439. The van der Waals surface area contributed by atoms with Gasteiger partial charge in [0.05, 0.1) is 0 Å². The summed E-state index contributed by atoms with van der Waals surface area (Å²) in [5, 5.41) is 9.55. The predicted octanol–water partition coefficient (Wildman–Crippen LogP) is 2.18. The number of aliphatic hydroxyl groups is 1. The third-order valence-electron chi connectivity index (χ3n) is 2.93. The molecule has 0 aromatic heterocycles. The third-order valence-corrected chi connectivity index (χ3v) is 2.93. The normalized spacial score (nSPS) is 23.7. The maximum atomic E-state index is 9.55. The molecule has 0 spiro atoms. The van der Waals surface area contributed by atoms with Crippen LogP contribution in [0, 0.1) is 5.92 Å². The van der Waals surface area contributed by atoms with E-state index in [1.54, 1.807) is 0 Å². The Labute approximate surface area is 87.9 Å². The van der Waals surface area contributed by atoms with Crippen LogP contribution in [0.4, 0.5) is 5.69 Å². The van der Waals surface area contributed by atoms with Crippen molar-refractivity contribution in [2.24, 2.45) is 5.92 Å². The van der Waals surface area contributed by atoms with E-state index in [0.29, 0.717) is 5.76 Å². The average molecular weight is 202 g/mol. The van der Waals surface area contributed by atoms with Crippen LogP contribution in [0.1, 0.15) is 6.42 Å². The van der Waals surface area contributed by atoms with Gasteiger partial charge in [-0.2, -0.15) is 4.58 Å². The van der Waals surface area contributed by atoms with Crippen LogP contribution in [0.15, 0.2) is 42.4 Å². The highest BCUT2D eigenvalue weighted by atomic mass is 16.5. The summed E-state index contributed by atoms with van der Waals surface area (Å²) in [6.45, 7) is 0.905. The Morgan fingerprint density at radius 2 is 2.07 bits per heavy atom. The van der Waals surface area contributed by atoms with Crippen molar-refractivity contribution < 1.29 is 14.4 Å². The Balaban J connectivity index is 2.03. The molecule has 1 N–H and O–H groups in total. The Morgan fingerprint density at radius 3 is 2.87 bits per heavy atom.